The monoisotopic (exact) mass is 295 g/mol. The van der Waals surface area contributed by atoms with Crippen molar-refractivity contribution in [2.45, 2.75) is 6.61 Å². The van der Waals surface area contributed by atoms with Gasteiger partial charge in [-0.05, 0) is 12.1 Å². The van der Waals surface area contributed by atoms with E-state index in [1.54, 1.807) is 12.1 Å². The van der Waals surface area contributed by atoms with Crippen LogP contribution in [0.3, 0.4) is 0 Å². The minimum Gasteiger partial charge on any atom is -0.464 e. The second-order valence-electron chi connectivity index (χ2n) is 3.78. The Bertz CT molecular complexity index is 638. The summed E-state index contributed by atoms with van der Waals surface area (Å²) in [5, 5.41) is 2.76. The van der Waals surface area contributed by atoms with E-state index in [4.69, 9.17) is 0 Å². The average Bonchev–Trinajstić information content (AvgIpc) is 2.48. The second-order valence-corrected chi connectivity index (χ2v) is 3.78. The van der Waals surface area contributed by atoms with Gasteiger partial charge in [-0.1, -0.05) is 12.1 Å². The second kappa shape index (κ2) is 6.60. The third kappa shape index (κ3) is 3.85. The number of nitrogens with zero attached hydrogens (tertiary/aromatic N) is 2. The number of esters is 1. The molecule has 0 aliphatic carbocycles. The maximum absolute atomic E-state index is 12.3. The van der Waals surface area contributed by atoms with E-state index >= 15 is 0 Å². The number of aromatic nitrogens is 2. The van der Waals surface area contributed by atoms with E-state index in [1.807, 2.05) is 0 Å². The SMILES string of the molecule is COC(=O)c1cncc(Nc2ccccc2OC(F)F)n1. The van der Waals surface area contributed by atoms with Gasteiger partial charge in [-0.3, -0.25) is 4.98 Å². The van der Waals surface area contributed by atoms with Crippen LogP contribution < -0.4 is 10.1 Å². The summed E-state index contributed by atoms with van der Waals surface area (Å²) in [6.45, 7) is -2.94. The van der Waals surface area contributed by atoms with E-state index in [0.717, 1.165) is 0 Å². The number of para-hydroxylation sites is 2. The van der Waals surface area contributed by atoms with Gasteiger partial charge >= 0.3 is 12.6 Å². The van der Waals surface area contributed by atoms with Crippen molar-refractivity contribution in [1.29, 1.82) is 0 Å². The molecule has 0 bridgehead atoms. The molecule has 0 atom stereocenters. The summed E-state index contributed by atoms with van der Waals surface area (Å²) in [6, 6.07) is 6.11. The van der Waals surface area contributed by atoms with Crippen molar-refractivity contribution in [3.05, 3.63) is 42.4 Å². The molecule has 1 heterocycles. The van der Waals surface area contributed by atoms with Crippen LogP contribution in [-0.2, 0) is 4.74 Å². The van der Waals surface area contributed by atoms with E-state index < -0.39 is 12.6 Å². The molecule has 0 saturated carbocycles. The molecule has 110 valence electrons. The smallest absolute Gasteiger partial charge is 0.387 e. The minimum atomic E-state index is -2.94. The number of alkyl halides is 2. The fourth-order valence-corrected chi connectivity index (χ4v) is 1.54. The molecule has 0 aliphatic heterocycles. The maximum atomic E-state index is 12.3. The molecule has 8 heteroatoms. The highest BCUT2D eigenvalue weighted by Gasteiger charge is 2.12. The summed E-state index contributed by atoms with van der Waals surface area (Å²) in [5.74, 6) is -0.496. The zero-order valence-corrected chi connectivity index (χ0v) is 10.9. The summed E-state index contributed by atoms with van der Waals surface area (Å²) in [6.07, 6.45) is 2.57. The molecule has 0 unspecified atom stereocenters. The Balaban J connectivity index is 2.24. The van der Waals surface area contributed by atoms with Crippen LogP contribution in [0.2, 0.25) is 0 Å². The normalized spacial score (nSPS) is 10.3. The molecule has 21 heavy (non-hydrogen) atoms. The van der Waals surface area contributed by atoms with Gasteiger partial charge in [0.1, 0.15) is 11.6 Å². The summed E-state index contributed by atoms with van der Waals surface area (Å²) < 4.78 is 33.5. The number of benzene rings is 1. The van der Waals surface area contributed by atoms with Crippen LogP contribution in [0.15, 0.2) is 36.7 Å². The highest BCUT2D eigenvalue weighted by atomic mass is 19.3. The number of rotatable bonds is 5. The van der Waals surface area contributed by atoms with Crippen LogP contribution in [0.4, 0.5) is 20.3 Å². The van der Waals surface area contributed by atoms with Gasteiger partial charge in [0.05, 0.1) is 25.2 Å². The molecular formula is C13H11F2N3O3. The standard InChI is InChI=1S/C13H11F2N3O3/c1-20-12(19)9-6-16-7-11(18-9)17-8-4-2-3-5-10(8)21-13(14)15/h2-7,13H,1H3,(H,17,18). The molecule has 0 radical (unpaired) electrons. The Morgan fingerprint density at radius 3 is 2.76 bits per heavy atom. The van der Waals surface area contributed by atoms with Crippen LogP contribution in [0.25, 0.3) is 0 Å². The third-order valence-corrected chi connectivity index (χ3v) is 2.39. The average molecular weight is 295 g/mol. The van der Waals surface area contributed by atoms with Gasteiger partial charge in [-0.2, -0.15) is 8.78 Å². The molecule has 6 nitrogen and oxygen atoms in total. The number of ether oxygens (including phenoxy) is 2. The number of anilines is 2. The zero-order valence-electron chi connectivity index (χ0n) is 10.9. The Hall–Kier alpha value is -2.77. The van der Waals surface area contributed by atoms with Gasteiger partial charge < -0.3 is 14.8 Å². The van der Waals surface area contributed by atoms with Gasteiger partial charge in [0.2, 0.25) is 0 Å². The van der Waals surface area contributed by atoms with Crippen molar-refractivity contribution in [2.75, 3.05) is 12.4 Å². The van der Waals surface area contributed by atoms with Gasteiger partial charge in [0.15, 0.2) is 5.69 Å². The summed E-state index contributed by atoms with van der Waals surface area (Å²) in [5.41, 5.74) is 0.267. The molecule has 0 saturated heterocycles. The first kappa shape index (κ1) is 14.6. The molecule has 0 fully saturated rings. The van der Waals surface area contributed by atoms with Crippen LogP contribution in [-0.4, -0.2) is 29.7 Å². The van der Waals surface area contributed by atoms with Crippen LogP contribution in [0.5, 0.6) is 5.75 Å². The highest BCUT2D eigenvalue weighted by molar-refractivity contribution is 5.87. The number of nitrogens with one attached hydrogen (secondary N) is 1. The van der Waals surface area contributed by atoms with E-state index in [-0.39, 0.29) is 22.9 Å². The van der Waals surface area contributed by atoms with Gasteiger partial charge in [0.25, 0.3) is 0 Å². The van der Waals surface area contributed by atoms with Gasteiger partial charge in [0, 0.05) is 0 Å². The molecule has 2 aromatic rings. The topological polar surface area (TPSA) is 73.3 Å². The number of methoxy groups -OCH3 is 1. The predicted octanol–water partition coefficient (Wildman–Crippen LogP) is 2.61. The van der Waals surface area contributed by atoms with Crippen molar-refractivity contribution >= 4 is 17.5 Å². The number of halogens is 2. The molecule has 2 rings (SSSR count). The molecular weight excluding hydrogens is 284 g/mol. The lowest BCUT2D eigenvalue weighted by Gasteiger charge is -2.12. The molecule has 1 aromatic carbocycles. The zero-order chi connectivity index (χ0) is 15.2. The highest BCUT2D eigenvalue weighted by Crippen LogP contribution is 2.27. The van der Waals surface area contributed by atoms with Crippen molar-refractivity contribution < 1.29 is 23.0 Å². The molecule has 0 spiro atoms. The molecule has 0 aliphatic rings. The Morgan fingerprint density at radius 2 is 2.05 bits per heavy atom. The summed E-state index contributed by atoms with van der Waals surface area (Å²) in [7, 11) is 1.22. The van der Waals surface area contributed by atoms with E-state index in [1.165, 1.54) is 31.6 Å². The van der Waals surface area contributed by atoms with E-state index in [9.17, 15) is 13.6 Å². The first-order valence-corrected chi connectivity index (χ1v) is 5.81. The summed E-state index contributed by atoms with van der Waals surface area (Å²) >= 11 is 0. The Labute approximate surface area is 118 Å². The maximum Gasteiger partial charge on any atom is 0.387 e. The summed E-state index contributed by atoms with van der Waals surface area (Å²) in [4.78, 5) is 19.1. The number of hydrogen-bond donors (Lipinski definition) is 1. The quantitative estimate of drug-likeness (QED) is 0.855. The van der Waals surface area contributed by atoms with Crippen molar-refractivity contribution in [1.82, 2.24) is 9.97 Å². The molecule has 0 amide bonds. The first-order chi connectivity index (χ1) is 10.1. The lowest BCUT2D eigenvalue weighted by molar-refractivity contribution is -0.0493. The first-order valence-electron chi connectivity index (χ1n) is 5.81. The lowest BCUT2D eigenvalue weighted by atomic mass is 10.3. The fourth-order valence-electron chi connectivity index (χ4n) is 1.54. The fraction of sp³-hybridized carbons (Fsp3) is 0.154. The van der Waals surface area contributed by atoms with Crippen LogP contribution in [0, 0.1) is 0 Å². The van der Waals surface area contributed by atoms with Gasteiger partial charge in [-0.15, -0.1) is 0 Å². The van der Waals surface area contributed by atoms with Crippen LogP contribution in [0.1, 0.15) is 10.5 Å². The number of hydrogen-bond acceptors (Lipinski definition) is 6. The van der Waals surface area contributed by atoms with Crippen molar-refractivity contribution in [3.8, 4) is 5.75 Å². The lowest BCUT2D eigenvalue weighted by Crippen LogP contribution is -2.08. The van der Waals surface area contributed by atoms with E-state index in [0.29, 0.717) is 0 Å². The minimum absolute atomic E-state index is 0.00485. The van der Waals surface area contributed by atoms with Crippen LogP contribution >= 0.6 is 0 Å². The number of carbonyl (C=O) groups is 1. The van der Waals surface area contributed by atoms with E-state index in [2.05, 4.69) is 24.8 Å². The van der Waals surface area contributed by atoms with Gasteiger partial charge in [-0.25, -0.2) is 9.78 Å². The molecule has 1 N–H and O–H groups in total. The Kier molecular flexibility index (Phi) is 4.60. The van der Waals surface area contributed by atoms with Crippen molar-refractivity contribution in [3.63, 3.8) is 0 Å². The third-order valence-electron chi connectivity index (χ3n) is 2.39. The Morgan fingerprint density at radius 1 is 1.29 bits per heavy atom. The largest absolute Gasteiger partial charge is 0.464 e. The van der Waals surface area contributed by atoms with Crippen molar-refractivity contribution in [2.24, 2.45) is 0 Å². The molecule has 1 aromatic heterocycles. The number of carbonyl (C=O) groups excluding carboxylic acids is 1. The predicted molar refractivity (Wildman–Crippen MR) is 69.7 cm³/mol.